The van der Waals surface area contributed by atoms with E-state index in [9.17, 15) is 13.6 Å². The maximum atomic E-state index is 13.8. The number of halogens is 2. The molecule has 0 saturated carbocycles. The molecule has 0 heterocycles. The first kappa shape index (κ1) is 14.1. The minimum absolute atomic E-state index is 0.0277. The molecule has 0 spiro atoms. The van der Waals surface area contributed by atoms with Crippen LogP contribution in [0.4, 0.5) is 8.78 Å². The third-order valence-corrected chi connectivity index (χ3v) is 2.85. The molecule has 0 aliphatic carbocycles. The van der Waals surface area contributed by atoms with Gasteiger partial charge in [-0.3, -0.25) is 4.79 Å². The van der Waals surface area contributed by atoms with Crippen LogP contribution in [0.2, 0.25) is 0 Å². The van der Waals surface area contributed by atoms with Gasteiger partial charge in [0.05, 0.1) is 6.54 Å². The molecule has 0 radical (unpaired) electrons. The van der Waals surface area contributed by atoms with E-state index in [0.717, 1.165) is 23.8 Å². The van der Waals surface area contributed by atoms with E-state index in [1.165, 1.54) is 0 Å². The molecule has 20 heavy (non-hydrogen) atoms. The minimum atomic E-state index is -0.499. The van der Waals surface area contributed by atoms with Gasteiger partial charge < -0.3 is 11.1 Å². The van der Waals surface area contributed by atoms with Crippen molar-refractivity contribution in [1.29, 1.82) is 0 Å². The molecule has 0 aliphatic rings. The highest BCUT2D eigenvalue weighted by atomic mass is 19.1. The summed E-state index contributed by atoms with van der Waals surface area (Å²) in [5.41, 5.74) is 6.58. The van der Waals surface area contributed by atoms with Crippen molar-refractivity contribution in [2.24, 2.45) is 5.73 Å². The average molecular weight is 276 g/mol. The Morgan fingerprint density at radius 3 is 2.60 bits per heavy atom. The first-order valence-corrected chi connectivity index (χ1v) is 6.10. The van der Waals surface area contributed by atoms with Crippen LogP contribution in [0.5, 0.6) is 0 Å². The second-order valence-electron chi connectivity index (χ2n) is 4.35. The maximum absolute atomic E-state index is 13.8. The van der Waals surface area contributed by atoms with Gasteiger partial charge in [0.1, 0.15) is 11.6 Å². The number of primary amides is 1. The van der Waals surface area contributed by atoms with Gasteiger partial charge in [-0.1, -0.05) is 24.3 Å². The highest BCUT2D eigenvalue weighted by Gasteiger charge is 2.10. The second kappa shape index (κ2) is 6.25. The van der Waals surface area contributed by atoms with Crippen LogP contribution in [0.1, 0.15) is 5.56 Å². The largest absolute Gasteiger partial charge is 0.369 e. The van der Waals surface area contributed by atoms with E-state index in [1.54, 1.807) is 24.3 Å². The lowest BCUT2D eigenvalue weighted by atomic mass is 9.99. The lowest BCUT2D eigenvalue weighted by molar-refractivity contribution is -0.117. The Labute approximate surface area is 115 Å². The summed E-state index contributed by atoms with van der Waals surface area (Å²) >= 11 is 0. The van der Waals surface area contributed by atoms with Crippen LogP contribution in [0, 0.1) is 11.6 Å². The van der Waals surface area contributed by atoms with E-state index in [4.69, 9.17) is 5.73 Å². The summed E-state index contributed by atoms with van der Waals surface area (Å²) in [7, 11) is 0. The van der Waals surface area contributed by atoms with Crippen molar-refractivity contribution in [1.82, 2.24) is 5.32 Å². The van der Waals surface area contributed by atoms with Crippen LogP contribution >= 0.6 is 0 Å². The SMILES string of the molecule is NC(=O)CNCc1ccccc1-c1cc(F)ccc1F. The zero-order valence-corrected chi connectivity index (χ0v) is 10.7. The number of nitrogens with two attached hydrogens (primary N) is 1. The van der Waals surface area contributed by atoms with Crippen LogP contribution in [0.3, 0.4) is 0 Å². The monoisotopic (exact) mass is 276 g/mol. The minimum Gasteiger partial charge on any atom is -0.369 e. The molecule has 2 rings (SSSR count). The Morgan fingerprint density at radius 2 is 1.85 bits per heavy atom. The lowest BCUT2D eigenvalue weighted by Crippen LogP contribution is -2.28. The molecule has 0 bridgehead atoms. The van der Waals surface area contributed by atoms with Crippen LogP contribution in [-0.4, -0.2) is 12.5 Å². The Bertz CT molecular complexity index is 629. The van der Waals surface area contributed by atoms with Gasteiger partial charge in [-0.25, -0.2) is 8.78 Å². The fourth-order valence-corrected chi connectivity index (χ4v) is 1.96. The van der Waals surface area contributed by atoms with Crippen molar-refractivity contribution < 1.29 is 13.6 Å². The average Bonchev–Trinajstić information content (AvgIpc) is 2.42. The van der Waals surface area contributed by atoms with Gasteiger partial charge >= 0.3 is 0 Å². The zero-order valence-electron chi connectivity index (χ0n) is 10.7. The van der Waals surface area contributed by atoms with E-state index in [-0.39, 0.29) is 12.1 Å². The number of amides is 1. The van der Waals surface area contributed by atoms with E-state index >= 15 is 0 Å². The van der Waals surface area contributed by atoms with E-state index < -0.39 is 17.5 Å². The molecule has 0 aromatic heterocycles. The highest BCUT2D eigenvalue weighted by molar-refractivity contribution is 5.76. The van der Waals surface area contributed by atoms with Crippen molar-refractivity contribution in [2.75, 3.05) is 6.54 Å². The van der Waals surface area contributed by atoms with Crippen LogP contribution in [0.25, 0.3) is 11.1 Å². The summed E-state index contributed by atoms with van der Waals surface area (Å²) in [6.45, 7) is 0.370. The third-order valence-electron chi connectivity index (χ3n) is 2.85. The predicted octanol–water partition coefficient (Wildman–Crippen LogP) is 2.21. The van der Waals surface area contributed by atoms with Crippen LogP contribution in [0.15, 0.2) is 42.5 Å². The lowest BCUT2D eigenvalue weighted by Gasteiger charge is -2.11. The molecule has 2 aromatic rings. The molecule has 104 valence electrons. The standard InChI is InChI=1S/C15H14F2N2O/c16-11-5-6-14(17)13(7-11)12-4-2-1-3-10(12)8-19-9-15(18)20/h1-7,19H,8-9H2,(H2,18,20). The summed E-state index contributed by atoms with van der Waals surface area (Å²) in [6, 6.07) is 10.4. The molecule has 0 saturated heterocycles. The number of nitrogens with one attached hydrogen (secondary N) is 1. The fourth-order valence-electron chi connectivity index (χ4n) is 1.96. The molecule has 3 N–H and O–H groups in total. The molecule has 0 aliphatic heterocycles. The summed E-state index contributed by atoms with van der Waals surface area (Å²) in [4.78, 5) is 10.7. The van der Waals surface area contributed by atoms with Crippen molar-refractivity contribution in [3.05, 3.63) is 59.7 Å². The molecular weight excluding hydrogens is 262 g/mol. The molecule has 2 aromatic carbocycles. The summed E-state index contributed by atoms with van der Waals surface area (Å²) in [6.07, 6.45) is 0. The van der Waals surface area contributed by atoms with Gasteiger partial charge in [-0.05, 0) is 29.3 Å². The summed E-state index contributed by atoms with van der Waals surface area (Å²) in [5.74, 6) is -1.46. The smallest absolute Gasteiger partial charge is 0.231 e. The maximum Gasteiger partial charge on any atom is 0.231 e. The molecule has 5 heteroatoms. The number of hydrogen-bond donors (Lipinski definition) is 2. The van der Waals surface area contributed by atoms with Gasteiger partial charge in [0.25, 0.3) is 0 Å². The van der Waals surface area contributed by atoms with Crippen LogP contribution < -0.4 is 11.1 Å². The Kier molecular flexibility index (Phi) is 4.42. The van der Waals surface area contributed by atoms with E-state index in [2.05, 4.69) is 5.32 Å². The summed E-state index contributed by atoms with van der Waals surface area (Å²) < 4.78 is 27.1. The Balaban J connectivity index is 2.31. The predicted molar refractivity (Wildman–Crippen MR) is 72.7 cm³/mol. The van der Waals surface area contributed by atoms with Gasteiger partial charge in [0.2, 0.25) is 5.91 Å². The molecule has 0 fully saturated rings. The molecule has 0 unspecified atom stereocenters. The number of benzene rings is 2. The summed E-state index contributed by atoms with van der Waals surface area (Å²) in [5, 5.41) is 2.85. The second-order valence-corrected chi connectivity index (χ2v) is 4.35. The number of hydrogen-bond acceptors (Lipinski definition) is 2. The van der Waals surface area contributed by atoms with E-state index in [0.29, 0.717) is 12.1 Å². The first-order valence-electron chi connectivity index (χ1n) is 6.10. The van der Waals surface area contributed by atoms with Gasteiger partial charge in [-0.15, -0.1) is 0 Å². The molecular formula is C15H14F2N2O. The van der Waals surface area contributed by atoms with Crippen molar-refractivity contribution in [3.63, 3.8) is 0 Å². The normalized spacial score (nSPS) is 10.5. The quantitative estimate of drug-likeness (QED) is 0.879. The Morgan fingerprint density at radius 1 is 1.10 bits per heavy atom. The molecule has 3 nitrogen and oxygen atoms in total. The zero-order chi connectivity index (χ0) is 14.5. The van der Waals surface area contributed by atoms with E-state index in [1.807, 2.05) is 0 Å². The molecule has 0 atom stereocenters. The first-order chi connectivity index (χ1) is 9.58. The van der Waals surface area contributed by atoms with Gasteiger partial charge in [-0.2, -0.15) is 0 Å². The Hall–Kier alpha value is -2.27. The molecule has 1 amide bonds. The number of carbonyl (C=O) groups is 1. The van der Waals surface area contributed by atoms with Crippen molar-refractivity contribution in [3.8, 4) is 11.1 Å². The topological polar surface area (TPSA) is 55.1 Å². The van der Waals surface area contributed by atoms with Crippen molar-refractivity contribution in [2.45, 2.75) is 6.54 Å². The fraction of sp³-hybridized carbons (Fsp3) is 0.133. The van der Waals surface area contributed by atoms with Gasteiger partial charge in [0.15, 0.2) is 0 Å². The number of carbonyl (C=O) groups excluding carboxylic acids is 1. The van der Waals surface area contributed by atoms with Crippen molar-refractivity contribution >= 4 is 5.91 Å². The van der Waals surface area contributed by atoms with Gasteiger partial charge in [0, 0.05) is 12.1 Å². The van der Waals surface area contributed by atoms with Crippen LogP contribution in [-0.2, 0) is 11.3 Å². The number of rotatable bonds is 5. The highest BCUT2D eigenvalue weighted by Crippen LogP contribution is 2.27. The third kappa shape index (κ3) is 3.39.